The molecule has 2 aliphatic rings. The quantitative estimate of drug-likeness (QED) is 0.548. The molecule has 0 atom stereocenters. The SMILES string of the molecule is CCCCCC1CCC(CCC2CCC(CO)CC2)CC1. The van der Waals surface area contributed by atoms with Crippen LogP contribution in [0.5, 0.6) is 0 Å². The van der Waals surface area contributed by atoms with Crippen LogP contribution < -0.4 is 0 Å². The van der Waals surface area contributed by atoms with Gasteiger partial charge in [-0.1, -0.05) is 84.0 Å². The second-order valence-electron chi connectivity index (χ2n) is 8.03. The van der Waals surface area contributed by atoms with E-state index < -0.39 is 0 Å². The number of unbranched alkanes of at least 4 members (excludes halogenated alkanes) is 2. The normalized spacial score (nSPS) is 34.0. The maximum atomic E-state index is 9.21. The first-order chi connectivity index (χ1) is 10.3. The smallest absolute Gasteiger partial charge is 0.0459 e. The third-order valence-electron chi connectivity index (χ3n) is 6.39. The second-order valence-corrected chi connectivity index (χ2v) is 8.03. The fraction of sp³-hybridized carbons (Fsp3) is 1.00. The molecule has 2 rings (SSSR count). The van der Waals surface area contributed by atoms with Gasteiger partial charge in [-0.25, -0.2) is 0 Å². The van der Waals surface area contributed by atoms with Crippen molar-refractivity contribution in [1.82, 2.24) is 0 Å². The summed E-state index contributed by atoms with van der Waals surface area (Å²) in [5.41, 5.74) is 0. The molecule has 1 N–H and O–H groups in total. The number of hydrogen-bond acceptors (Lipinski definition) is 1. The van der Waals surface area contributed by atoms with Crippen LogP contribution >= 0.6 is 0 Å². The minimum Gasteiger partial charge on any atom is -0.396 e. The Balaban J connectivity index is 1.53. The van der Waals surface area contributed by atoms with Crippen LogP contribution in [0.4, 0.5) is 0 Å². The summed E-state index contributed by atoms with van der Waals surface area (Å²) >= 11 is 0. The van der Waals surface area contributed by atoms with Crippen molar-refractivity contribution >= 4 is 0 Å². The van der Waals surface area contributed by atoms with Gasteiger partial charge >= 0.3 is 0 Å². The number of rotatable bonds is 8. The van der Waals surface area contributed by atoms with Crippen molar-refractivity contribution in [3.8, 4) is 0 Å². The van der Waals surface area contributed by atoms with Gasteiger partial charge in [-0.15, -0.1) is 0 Å². The van der Waals surface area contributed by atoms with Gasteiger partial charge in [0.2, 0.25) is 0 Å². The highest BCUT2D eigenvalue weighted by molar-refractivity contribution is 4.76. The molecule has 0 amide bonds. The Morgan fingerprint density at radius 2 is 1.05 bits per heavy atom. The molecule has 0 bridgehead atoms. The molecule has 1 heteroatoms. The van der Waals surface area contributed by atoms with Crippen LogP contribution in [0.15, 0.2) is 0 Å². The van der Waals surface area contributed by atoms with Gasteiger partial charge in [0.05, 0.1) is 0 Å². The molecular weight excluding hydrogens is 256 g/mol. The summed E-state index contributed by atoms with van der Waals surface area (Å²) in [6.45, 7) is 2.74. The summed E-state index contributed by atoms with van der Waals surface area (Å²) < 4.78 is 0. The Morgan fingerprint density at radius 1 is 0.619 bits per heavy atom. The number of aliphatic hydroxyl groups is 1. The van der Waals surface area contributed by atoms with Gasteiger partial charge in [-0.2, -0.15) is 0 Å². The first-order valence-electron chi connectivity index (χ1n) is 9.92. The molecule has 1 nitrogen and oxygen atoms in total. The molecular formula is C20H38O. The van der Waals surface area contributed by atoms with Crippen molar-refractivity contribution < 1.29 is 5.11 Å². The van der Waals surface area contributed by atoms with Crippen molar-refractivity contribution in [3.05, 3.63) is 0 Å². The van der Waals surface area contributed by atoms with E-state index in [1.165, 1.54) is 89.9 Å². The summed E-state index contributed by atoms with van der Waals surface area (Å²) in [5.74, 6) is 3.71. The third-order valence-corrected chi connectivity index (χ3v) is 6.39. The van der Waals surface area contributed by atoms with E-state index in [0.717, 1.165) is 17.8 Å². The van der Waals surface area contributed by atoms with E-state index in [2.05, 4.69) is 6.92 Å². The average Bonchev–Trinajstić information content (AvgIpc) is 2.55. The summed E-state index contributed by atoms with van der Waals surface area (Å²) in [6, 6.07) is 0. The Kier molecular flexibility index (Phi) is 8.14. The summed E-state index contributed by atoms with van der Waals surface area (Å²) in [7, 11) is 0. The lowest BCUT2D eigenvalue weighted by atomic mass is 9.75. The second kappa shape index (κ2) is 9.87. The first kappa shape index (κ1) is 17.3. The molecule has 0 saturated heterocycles. The van der Waals surface area contributed by atoms with Crippen molar-refractivity contribution in [2.75, 3.05) is 6.61 Å². The third kappa shape index (κ3) is 6.30. The van der Waals surface area contributed by atoms with E-state index in [-0.39, 0.29) is 0 Å². The fourth-order valence-corrected chi connectivity index (χ4v) is 4.67. The van der Waals surface area contributed by atoms with Crippen LogP contribution in [0, 0.1) is 23.7 Å². The van der Waals surface area contributed by atoms with Gasteiger partial charge in [-0.05, 0) is 36.5 Å². The van der Waals surface area contributed by atoms with E-state index in [9.17, 15) is 5.11 Å². The van der Waals surface area contributed by atoms with Crippen LogP contribution in [-0.2, 0) is 0 Å². The molecule has 0 aromatic rings. The average molecular weight is 295 g/mol. The standard InChI is InChI=1S/C20H38O/c1-2-3-4-5-17-6-8-18(9-7-17)10-11-19-12-14-20(16-21)15-13-19/h17-21H,2-16H2,1H3. The van der Waals surface area contributed by atoms with Crippen molar-refractivity contribution in [2.24, 2.45) is 23.7 Å². The highest BCUT2D eigenvalue weighted by Gasteiger charge is 2.24. The number of aliphatic hydroxyl groups excluding tert-OH is 1. The van der Waals surface area contributed by atoms with Crippen molar-refractivity contribution in [1.29, 1.82) is 0 Å². The lowest BCUT2D eigenvalue weighted by Crippen LogP contribution is -2.19. The summed E-state index contributed by atoms with van der Waals surface area (Å²) in [6.07, 6.45) is 20.2. The molecule has 2 aliphatic carbocycles. The molecule has 0 radical (unpaired) electrons. The summed E-state index contributed by atoms with van der Waals surface area (Å²) in [5, 5.41) is 9.21. The predicted molar refractivity (Wildman–Crippen MR) is 91.4 cm³/mol. The van der Waals surface area contributed by atoms with Gasteiger partial charge in [0.1, 0.15) is 0 Å². The maximum Gasteiger partial charge on any atom is 0.0459 e. The minimum atomic E-state index is 0.425. The molecule has 0 aromatic heterocycles. The monoisotopic (exact) mass is 294 g/mol. The van der Waals surface area contributed by atoms with Crippen LogP contribution in [0.1, 0.15) is 96.8 Å². The lowest BCUT2D eigenvalue weighted by Gasteiger charge is -2.31. The molecule has 0 unspecified atom stereocenters. The zero-order chi connectivity index (χ0) is 14.9. The largest absolute Gasteiger partial charge is 0.396 e. The molecule has 0 aliphatic heterocycles. The minimum absolute atomic E-state index is 0.425. The highest BCUT2D eigenvalue weighted by atomic mass is 16.3. The zero-order valence-corrected chi connectivity index (χ0v) is 14.4. The highest BCUT2D eigenvalue weighted by Crippen LogP contribution is 2.37. The van der Waals surface area contributed by atoms with Gasteiger partial charge < -0.3 is 5.11 Å². The first-order valence-corrected chi connectivity index (χ1v) is 9.92. The van der Waals surface area contributed by atoms with E-state index in [4.69, 9.17) is 0 Å². The Hall–Kier alpha value is -0.0400. The van der Waals surface area contributed by atoms with Crippen LogP contribution in [-0.4, -0.2) is 11.7 Å². The van der Waals surface area contributed by atoms with Crippen LogP contribution in [0.25, 0.3) is 0 Å². The molecule has 0 spiro atoms. The Labute approximate surface area is 132 Å². The van der Waals surface area contributed by atoms with Crippen molar-refractivity contribution in [2.45, 2.75) is 96.8 Å². The lowest BCUT2D eigenvalue weighted by molar-refractivity contribution is 0.157. The topological polar surface area (TPSA) is 20.2 Å². The molecule has 2 saturated carbocycles. The summed E-state index contributed by atoms with van der Waals surface area (Å²) in [4.78, 5) is 0. The predicted octanol–water partition coefficient (Wildman–Crippen LogP) is 5.95. The van der Waals surface area contributed by atoms with E-state index in [1.54, 1.807) is 0 Å². The van der Waals surface area contributed by atoms with Crippen LogP contribution in [0.3, 0.4) is 0 Å². The van der Waals surface area contributed by atoms with Gasteiger partial charge in [-0.3, -0.25) is 0 Å². The zero-order valence-electron chi connectivity index (χ0n) is 14.4. The van der Waals surface area contributed by atoms with E-state index in [1.807, 2.05) is 0 Å². The number of hydrogen-bond donors (Lipinski definition) is 1. The van der Waals surface area contributed by atoms with Gasteiger partial charge in [0, 0.05) is 6.61 Å². The van der Waals surface area contributed by atoms with Gasteiger partial charge in [0.25, 0.3) is 0 Å². The molecule has 124 valence electrons. The Morgan fingerprint density at radius 3 is 1.48 bits per heavy atom. The van der Waals surface area contributed by atoms with E-state index >= 15 is 0 Å². The maximum absolute atomic E-state index is 9.21. The van der Waals surface area contributed by atoms with Crippen LogP contribution in [0.2, 0.25) is 0 Å². The Bertz CT molecular complexity index is 247. The molecule has 0 heterocycles. The fourth-order valence-electron chi connectivity index (χ4n) is 4.67. The molecule has 0 aromatic carbocycles. The van der Waals surface area contributed by atoms with E-state index in [0.29, 0.717) is 12.5 Å². The molecule has 2 fully saturated rings. The van der Waals surface area contributed by atoms with Gasteiger partial charge in [0.15, 0.2) is 0 Å². The molecule has 21 heavy (non-hydrogen) atoms. The van der Waals surface area contributed by atoms with Crippen molar-refractivity contribution in [3.63, 3.8) is 0 Å².